The molecule has 0 radical (unpaired) electrons. The lowest BCUT2D eigenvalue weighted by Crippen LogP contribution is -2.28. The van der Waals surface area contributed by atoms with Crippen molar-refractivity contribution >= 4 is 44.0 Å². The van der Waals surface area contributed by atoms with Gasteiger partial charge in [0.1, 0.15) is 11.5 Å². The van der Waals surface area contributed by atoms with Gasteiger partial charge >= 0.3 is 0 Å². The molecule has 3 aromatic rings. The number of rotatable bonds is 8. The van der Waals surface area contributed by atoms with Crippen LogP contribution in [0.5, 0.6) is 0 Å². The zero-order chi connectivity index (χ0) is 24.6. The van der Waals surface area contributed by atoms with Crippen molar-refractivity contribution in [1.82, 2.24) is 0 Å². The van der Waals surface area contributed by atoms with Gasteiger partial charge in [-0.05, 0) is 60.4 Å². The van der Waals surface area contributed by atoms with Crippen LogP contribution < -0.4 is 14.3 Å². The minimum atomic E-state index is -3.43. The number of hydrogen-bond acceptors (Lipinski definition) is 4. The number of sulfonamides is 1. The molecule has 3 N–H and O–H groups in total. The molecule has 0 aliphatic heterocycles. The second kappa shape index (κ2) is 9.28. The van der Waals surface area contributed by atoms with Crippen molar-refractivity contribution in [3.8, 4) is 11.1 Å². The van der Waals surface area contributed by atoms with Crippen LogP contribution in [0, 0.1) is 17.5 Å². The summed E-state index contributed by atoms with van der Waals surface area (Å²) >= 11 is -2.48. The number of hydrogen-bond donors (Lipinski definition) is 3. The van der Waals surface area contributed by atoms with Crippen LogP contribution in [0.25, 0.3) is 11.1 Å². The predicted molar refractivity (Wildman–Crippen MR) is 126 cm³/mol. The van der Waals surface area contributed by atoms with Gasteiger partial charge in [-0.3, -0.25) is 13.6 Å². The molecule has 1 aliphatic rings. The first kappa shape index (κ1) is 24.0. The average Bonchev–Trinajstić information content (AvgIpc) is 3.58. The molecule has 0 heterocycles. The summed E-state index contributed by atoms with van der Waals surface area (Å²) in [6.45, 7) is 0. The number of benzene rings is 3. The van der Waals surface area contributed by atoms with Crippen molar-refractivity contribution in [2.45, 2.75) is 18.9 Å². The van der Waals surface area contributed by atoms with Crippen molar-refractivity contribution in [1.29, 1.82) is 0 Å². The maximum atomic E-state index is 14.9. The Morgan fingerprint density at radius 1 is 0.971 bits per heavy atom. The molecular weight excluding hydrogens is 491 g/mol. The van der Waals surface area contributed by atoms with Crippen LogP contribution in [0.1, 0.15) is 12.8 Å². The standard InChI is InChI=1S/C22H20F3N3O4S2/c1-34(31,32)27-15-5-2-13(3-6-15)14-4-10-19(18(24)12-14)26-22-20(11-9-17(23)21(22)25)28(33(29)30)16-7-8-16/h2-6,9-12,16,26-27H,7-8H2,1H3,(H,29,30). The minimum Gasteiger partial charge on any atom is -0.349 e. The maximum Gasteiger partial charge on any atom is 0.262 e. The van der Waals surface area contributed by atoms with Gasteiger partial charge in [0.2, 0.25) is 10.0 Å². The van der Waals surface area contributed by atoms with Crippen LogP contribution in [0.15, 0.2) is 54.6 Å². The Bertz CT molecular complexity index is 1360. The Morgan fingerprint density at radius 2 is 1.62 bits per heavy atom. The smallest absolute Gasteiger partial charge is 0.262 e. The van der Waals surface area contributed by atoms with E-state index in [1.54, 1.807) is 18.2 Å². The van der Waals surface area contributed by atoms with Crippen molar-refractivity contribution < 1.29 is 30.4 Å². The molecule has 1 unspecified atom stereocenters. The summed E-state index contributed by atoms with van der Waals surface area (Å²) in [5.74, 6) is -3.26. The molecule has 3 aromatic carbocycles. The van der Waals surface area contributed by atoms with E-state index in [4.69, 9.17) is 0 Å². The Hall–Kier alpha value is -3.09. The lowest BCUT2D eigenvalue weighted by Gasteiger charge is -2.23. The second-order valence-electron chi connectivity index (χ2n) is 7.81. The lowest BCUT2D eigenvalue weighted by atomic mass is 10.0. The topological polar surface area (TPSA) is 98.7 Å². The Labute approximate surface area is 197 Å². The molecule has 0 bridgehead atoms. The summed E-state index contributed by atoms with van der Waals surface area (Å²) in [6.07, 6.45) is 2.26. The first-order chi connectivity index (χ1) is 16.0. The van der Waals surface area contributed by atoms with Gasteiger partial charge in [0, 0.05) is 11.7 Å². The van der Waals surface area contributed by atoms with Gasteiger partial charge in [-0.15, -0.1) is 0 Å². The molecule has 1 atom stereocenters. The largest absolute Gasteiger partial charge is 0.349 e. The van der Waals surface area contributed by atoms with E-state index in [-0.39, 0.29) is 17.4 Å². The molecule has 1 fully saturated rings. The molecule has 1 aliphatic carbocycles. The molecule has 0 spiro atoms. The van der Waals surface area contributed by atoms with Crippen LogP contribution >= 0.6 is 0 Å². The maximum absolute atomic E-state index is 14.9. The average molecular weight is 512 g/mol. The fourth-order valence-electron chi connectivity index (χ4n) is 3.44. The van der Waals surface area contributed by atoms with Crippen molar-refractivity contribution in [3.63, 3.8) is 0 Å². The molecule has 34 heavy (non-hydrogen) atoms. The van der Waals surface area contributed by atoms with Crippen LogP contribution in [0.2, 0.25) is 0 Å². The van der Waals surface area contributed by atoms with E-state index in [1.807, 2.05) is 0 Å². The highest BCUT2D eigenvalue weighted by atomic mass is 32.2. The van der Waals surface area contributed by atoms with Gasteiger partial charge in [0.05, 0.1) is 17.6 Å². The highest BCUT2D eigenvalue weighted by molar-refractivity contribution is 7.92. The molecular formula is C22H20F3N3O4S2. The van der Waals surface area contributed by atoms with Gasteiger partial charge in [-0.25, -0.2) is 25.8 Å². The summed E-state index contributed by atoms with van der Waals surface area (Å²) in [7, 11) is -3.43. The van der Waals surface area contributed by atoms with E-state index < -0.39 is 44.4 Å². The van der Waals surface area contributed by atoms with Gasteiger partial charge < -0.3 is 5.32 Å². The number of nitrogens with one attached hydrogen (secondary N) is 2. The third kappa shape index (κ3) is 5.34. The van der Waals surface area contributed by atoms with Crippen molar-refractivity contribution in [2.75, 3.05) is 20.6 Å². The molecule has 0 amide bonds. The van der Waals surface area contributed by atoms with E-state index in [0.717, 1.165) is 16.6 Å². The molecule has 0 saturated heterocycles. The zero-order valence-corrected chi connectivity index (χ0v) is 19.4. The van der Waals surface area contributed by atoms with E-state index in [9.17, 15) is 30.4 Å². The van der Waals surface area contributed by atoms with Crippen LogP contribution in [0.3, 0.4) is 0 Å². The van der Waals surface area contributed by atoms with Crippen LogP contribution in [0.4, 0.5) is 35.9 Å². The van der Waals surface area contributed by atoms with Crippen LogP contribution in [-0.4, -0.2) is 29.5 Å². The van der Waals surface area contributed by atoms with E-state index in [0.29, 0.717) is 29.7 Å². The molecule has 0 aromatic heterocycles. The summed E-state index contributed by atoms with van der Waals surface area (Å²) in [5, 5.41) is 2.53. The first-order valence-electron chi connectivity index (χ1n) is 10.1. The Balaban J connectivity index is 1.64. The third-order valence-corrected chi connectivity index (χ3v) is 6.55. The summed E-state index contributed by atoms with van der Waals surface area (Å²) in [4.78, 5) is 0. The van der Waals surface area contributed by atoms with E-state index in [2.05, 4.69) is 10.0 Å². The lowest BCUT2D eigenvalue weighted by molar-refractivity contribution is 0.511. The molecule has 1 saturated carbocycles. The highest BCUT2D eigenvalue weighted by Gasteiger charge is 2.35. The fraction of sp³-hybridized carbons (Fsp3) is 0.182. The predicted octanol–water partition coefficient (Wildman–Crippen LogP) is 4.99. The second-order valence-corrected chi connectivity index (χ2v) is 10.4. The van der Waals surface area contributed by atoms with Gasteiger partial charge in [-0.2, -0.15) is 0 Å². The zero-order valence-electron chi connectivity index (χ0n) is 17.8. The SMILES string of the molecule is CS(=O)(=O)Nc1ccc(-c2ccc(Nc3c(N(C4CC4)S(=O)O)ccc(F)c3F)c(F)c2)cc1. The van der Waals surface area contributed by atoms with Gasteiger partial charge in [-0.1, -0.05) is 18.2 Å². The van der Waals surface area contributed by atoms with E-state index in [1.165, 1.54) is 30.3 Å². The van der Waals surface area contributed by atoms with E-state index >= 15 is 0 Å². The molecule has 12 heteroatoms. The first-order valence-corrected chi connectivity index (χ1v) is 13.0. The number of anilines is 4. The Kier molecular flexibility index (Phi) is 6.56. The van der Waals surface area contributed by atoms with Gasteiger partial charge in [0.25, 0.3) is 11.3 Å². The minimum absolute atomic E-state index is 0.0559. The monoisotopic (exact) mass is 511 g/mol. The van der Waals surface area contributed by atoms with Crippen molar-refractivity contribution in [2.24, 2.45) is 0 Å². The summed E-state index contributed by atoms with van der Waals surface area (Å²) < 4.78 is 91.1. The number of halogens is 3. The van der Waals surface area contributed by atoms with Gasteiger partial charge in [0.15, 0.2) is 11.6 Å². The molecule has 180 valence electrons. The molecule has 4 rings (SSSR count). The highest BCUT2D eigenvalue weighted by Crippen LogP contribution is 2.40. The van der Waals surface area contributed by atoms with Crippen molar-refractivity contribution in [3.05, 3.63) is 72.0 Å². The Morgan fingerprint density at radius 3 is 2.18 bits per heavy atom. The molecule has 7 nitrogen and oxygen atoms in total. The quantitative estimate of drug-likeness (QED) is 0.370. The summed E-state index contributed by atoms with van der Waals surface area (Å²) in [6, 6.07) is 12.0. The number of nitrogens with zero attached hydrogens (tertiary/aromatic N) is 1. The third-order valence-electron chi connectivity index (χ3n) is 5.11. The summed E-state index contributed by atoms with van der Waals surface area (Å²) in [5.41, 5.74) is 0.740. The van der Waals surface area contributed by atoms with Crippen LogP contribution in [-0.2, 0) is 21.3 Å². The fourth-order valence-corrected chi connectivity index (χ4v) is 4.79. The normalized spacial score (nSPS) is 14.5.